The molecule has 1 aliphatic rings. The molecule has 4 nitrogen and oxygen atoms in total. The second kappa shape index (κ2) is 7.84. The fraction of sp³-hybridized carbons (Fsp3) is 0.625. The Labute approximate surface area is 143 Å². The highest BCUT2D eigenvalue weighted by molar-refractivity contribution is 6.30. The van der Waals surface area contributed by atoms with Crippen LogP contribution < -0.4 is 5.32 Å². The molecule has 6 heteroatoms. The summed E-state index contributed by atoms with van der Waals surface area (Å²) in [5, 5.41) is 24.3. The number of nitrogens with one attached hydrogen (secondary N) is 1. The summed E-state index contributed by atoms with van der Waals surface area (Å²) in [5.74, 6) is 0.282. The lowest BCUT2D eigenvalue weighted by molar-refractivity contribution is 0.0292. The predicted molar refractivity (Wildman–Crippen MR) is 93.2 cm³/mol. The largest absolute Gasteiger partial charge is 0.507 e. The molecule has 2 rings (SSSR count). The number of nitrogens with zero attached hydrogens (tertiary/aromatic N) is 1. The Balaban J connectivity index is 0.00000242. The molecule has 0 amide bonds. The van der Waals surface area contributed by atoms with Gasteiger partial charge in [0.2, 0.25) is 0 Å². The zero-order chi connectivity index (χ0) is 15.6. The van der Waals surface area contributed by atoms with Crippen LogP contribution in [0.3, 0.4) is 0 Å². The molecule has 3 N–H and O–H groups in total. The number of aliphatic hydroxyl groups is 1. The fourth-order valence-electron chi connectivity index (χ4n) is 3.11. The van der Waals surface area contributed by atoms with Crippen LogP contribution in [0.4, 0.5) is 0 Å². The average molecular weight is 349 g/mol. The maximum absolute atomic E-state index is 10.5. The molecule has 0 radical (unpaired) electrons. The van der Waals surface area contributed by atoms with Crippen molar-refractivity contribution >= 4 is 24.0 Å². The smallest absolute Gasteiger partial charge is 0.123 e. The van der Waals surface area contributed by atoms with Crippen LogP contribution in [0, 0.1) is 12.3 Å². The highest BCUT2D eigenvalue weighted by Gasteiger charge is 2.37. The van der Waals surface area contributed by atoms with Crippen LogP contribution in [0.25, 0.3) is 0 Å². The molecule has 0 unspecified atom stereocenters. The van der Waals surface area contributed by atoms with E-state index in [-0.39, 0.29) is 36.2 Å². The second-order valence-corrected chi connectivity index (χ2v) is 6.93. The molecule has 0 spiro atoms. The minimum atomic E-state index is -0.369. The van der Waals surface area contributed by atoms with Gasteiger partial charge in [-0.2, -0.15) is 0 Å². The zero-order valence-corrected chi connectivity index (χ0v) is 15.0. The van der Waals surface area contributed by atoms with E-state index in [2.05, 4.69) is 10.2 Å². The number of aliphatic hydroxyl groups excluding tert-OH is 1. The lowest BCUT2D eigenvalue weighted by Gasteiger charge is -2.43. The zero-order valence-electron chi connectivity index (χ0n) is 13.4. The first-order valence-electron chi connectivity index (χ1n) is 7.41. The highest BCUT2D eigenvalue weighted by atomic mass is 35.5. The number of aryl methyl sites for hydroxylation is 1. The van der Waals surface area contributed by atoms with Gasteiger partial charge in [0.25, 0.3) is 0 Å². The molecule has 1 aromatic rings. The van der Waals surface area contributed by atoms with Crippen molar-refractivity contribution in [3.63, 3.8) is 0 Å². The maximum Gasteiger partial charge on any atom is 0.123 e. The van der Waals surface area contributed by atoms with Crippen LogP contribution in [-0.2, 0) is 0 Å². The van der Waals surface area contributed by atoms with Gasteiger partial charge in [-0.05, 0) is 24.6 Å². The third-order valence-corrected chi connectivity index (χ3v) is 4.47. The third kappa shape index (κ3) is 4.06. The molecule has 1 atom stereocenters. The van der Waals surface area contributed by atoms with Gasteiger partial charge >= 0.3 is 0 Å². The summed E-state index contributed by atoms with van der Waals surface area (Å²) in [6, 6.07) is 3.52. The highest BCUT2D eigenvalue weighted by Crippen LogP contribution is 2.43. The van der Waals surface area contributed by atoms with Gasteiger partial charge in [-0.1, -0.05) is 25.4 Å². The Morgan fingerprint density at radius 1 is 1.32 bits per heavy atom. The molecule has 0 saturated carbocycles. The monoisotopic (exact) mass is 348 g/mol. The van der Waals surface area contributed by atoms with Crippen molar-refractivity contribution < 1.29 is 10.2 Å². The van der Waals surface area contributed by atoms with Crippen LogP contribution in [0.5, 0.6) is 5.75 Å². The van der Waals surface area contributed by atoms with Crippen LogP contribution >= 0.6 is 24.0 Å². The van der Waals surface area contributed by atoms with Crippen LogP contribution in [-0.4, -0.2) is 47.9 Å². The standard InChI is InChI=1S/C16H25ClN2O2.ClH/c1-11-8-12(17)9-13(14(11)21)15(16(2,3)10-20)19-6-4-18-5-7-19;/h8-9,15,18,20-21H,4-7,10H2,1-3H3;1H/t15-;/m0./s1. The molecule has 1 aromatic carbocycles. The Hall–Kier alpha value is -0.520. The van der Waals surface area contributed by atoms with Gasteiger partial charge in [-0.15, -0.1) is 12.4 Å². The van der Waals surface area contributed by atoms with Crippen LogP contribution in [0.15, 0.2) is 12.1 Å². The summed E-state index contributed by atoms with van der Waals surface area (Å²) in [6.45, 7) is 9.55. The Kier molecular flexibility index (Phi) is 6.96. The number of benzene rings is 1. The van der Waals surface area contributed by atoms with E-state index in [1.807, 2.05) is 26.8 Å². The predicted octanol–water partition coefficient (Wildman–Crippen LogP) is 2.74. The normalized spacial score (nSPS) is 17.9. The first-order chi connectivity index (χ1) is 9.86. The van der Waals surface area contributed by atoms with Gasteiger partial charge in [0, 0.05) is 54.8 Å². The van der Waals surface area contributed by atoms with Crippen molar-refractivity contribution in [3.05, 3.63) is 28.3 Å². The maximum atomic E-state index is 10.5. The number of phenols is 1. The van der Waals surface area contributed by atoms with Crippen LogP contribution in [0.2, 0.25) is 5.02 Å². The van der Waals surface area contributed by atoms with Crippen molar-refractivity contribution in [1.29, 1.82) is 0 Å². The Morgan fingerprint density at radius 2 is 1.91 bits per heavy atom. The van der Waals surface area contributed by atoms with E-state index in [4.69, 9.17) is 11.6 Å². The lowest BCUT2D eigenvalue weighted by atomic mass is 9.79. The molecule has 0 aromatic heterocycles. The van der Waals surface area contributed by atoms with Crippen molar-refractivity contribution in [2.45, 2.75) is 26.8 Å². The summed E-state index contributed by atoms with van der Waals surface area (Å²) in [5.41, 5.74) is 1.21. The van der Waals surface area contributed by atoms with E-state index in [9.17, 15) is 10.2 Å². The third-order valence-electron chi connectivity index (χ3n) is 4.25. The van der Waals surface area contributed by atoms with Gasteiger partial charge in [0.1, 0.15) is 5.75 Å². The minimum Gasteiger partial charge on any atom is -0.507 e. The molecule has 0 bridgehead atoms. The summed E-state index contributed by atoms with van der Waals surface area (Å²) in [7, 11) is 0. The number of piperazine rings is 1. The minimum absolute atomic E-state index is 0. The molecular weight excluding hydrogens is 323 g/mol. The van der Waals surface area contributed by atoms with Crippen molar-refractivity contribution in [1.82, 2.24) is 10.2 Å². The van der Waals surface area contributed by atoms with Gasteiger partial charge in [-0.25, -0.2) is 0 Å². The van der Waals surface area contributed by atoms with Gasteiger partial charge in [0.05, 0.1) is 0 Å². The topological polar surface area (TPSA) is 55.7 Å². The molecule has 1 saturated heterocycles. The number of phenolic OH excluding ortho intramolecular Hbond substituents is 1. The van der Waals surface area contributed by atoms with Crippen molar-refractivity contribution in [3.8, 4) is 5.75 Å². The van der Waals surface area contributed by atoms with E-state index in [1.54, 1.807) is 6.07 Å². The molecule has 1 fully saturated rings. The van der Waals surface area contributed by atoms with E-state index >= 15 is 0 Å². The van der Waals surface area contributed by atoms with Gasteiger partial charge in [-0.3, -0.25) is 4.90 Å². The van der Waals surface area contributed by atoms with E-state index in [0.29, 0.717) is 5.02 Å². The fourth-order valence-corrected chi connectivity index (χ4v) is 3.39. The Bertz CT molecular complexity index is 503. The molecule has 22 heavy (non-hydrogen) atoms. The first kappa shape index (κ1) is 19.5. The van der Waals surface area contributed by atoms with Gasteiger partial charge < -0.3 is 15.5 Å². The second-order valence-electron chi connectivity index (χ2n) is 6.50. The van der Waals surface area contributed by atoms with Crippen molar-refractivity contribution in [2.75, 3.05) is 32.8 Å². The number of hydrogen-bond acceptors (Lipinski definition) is 4. The van der Waals surface area contributed by atoms with Crippen LogP contribution in [0.1, 0.15) is 31.0 Å². The SMILES string of the molecule is Cc1cc(Cl)cc([C@H](N2CCNCC2)C(C)(C)CO)c1O.Cl. The number of aromatic hydroxyl groups is 1. The quantitative estimate of drug-likeness (QED) is 0.782. The lowest BCUT2D eigenvalue weighted by Crippen LogP contribution is -2.49. The molecule has 1 heterocycles. The molecule has 126 valence electrons. The van der Waals surface area contributed by atoms with Gasteiger partial charge in [0.15, 0.2) is 0 Å². The Morgan fingerprint density at radius 3 is 2.45 bits per heavy atom. The number of halogens is 2. The van der Waals surface area contributed by atoms with E-state index < -0.39 is 0 Å². The van der Waals surface area contributed by atoms with E-state index in [1.165, 1.54) is 0 Å². The first-order valence-corrected chi connectivity index (χ1v) is 7.79. The van der Waals surface area contributed by atoms with Crippen molar-refractivity contribution in [2.24, 2.45) is 5.41 Å². The molecule has 1 aliphatic heterocycles. The summed E-state index contributed by atoms with van der Waals surface area (Å²) in [6.07, 6.45) is 0. The average Bonchev–Trinajstić information content (AvgIpc) is 2.45. The van der Waals surface area contributed by atoms with E-state index in [0.717, 1.165) is 37.3 Å². The molecule has 0 aliphatic carbocycles. The number of rotatable bonds is 4. The molecular formula is C16H26Cl2N2O2. The summed E-state index contributed by atoms with van der Waals surface area (Å²) < 4.78 is 0. The summed E-state index contributed by atoms with van der Waals surface area (Å²) >= 11 is 6.19. The number of hydrogen-bond donors (Lipinski definition) is 3. The summed E-state index contributed by atoms with van der Waals surface area (Å²) in [4.78, 5) is 2.32.